The van der Waals surface area contributed by atoms with Crippen LogP contribution in [0.2, 0.25) is 5.02 Å². The number of phenolic OH excluding ortho intramolecular Hbond substituents is 2. The molecule has 2 aliphatic heterocycles. The highest BCUT2D eigenvalue weighted by Gasteiger charge is 2.32. The van der Waals surface area contributed by atoms with Crippen LogP contribution >= 0.6 is 11.6 Å². The molecule has 0 fully saturated rings. The van der Waals surface area contributed by atoms with Crippen LogP contribution in [0.15, 0.2) is 80.7 Å². The van der Waals surface area contributed by atoms with Crippen LogP contribution in [0.4, 0.5) is 22.7 Å². The number of fused-ring (bicyclic) bond motifs is 2. The van der Waals surface area contributed by atoms with E-state index in [2.05, 4.69) is 31.7 Å². The maximum absolute atomic E-state index is 12.2. The van der Waals surface area contributed by atoms with Crippen LogP contribution in [0.1, 0.15) is 27.8 Å². The van der Waals surface area contributed by atoms with Gasteiger partial charge in [-0.2, -0.15) is 10.2 Å². The van der Waals surface area contributed by atoms with Crippen molar-refractivity contribution in [2.45, 2.75) is 30.6 Å². The summed E-state index contributed by atoms with van der Waals surface area (Å²) in [6.45, 7) is 5.11. The second-order valence-electron chi connectivity index (χ2n) is 11.1. The average molecular weight is 741 g/mol. The molecule has 16 nitrogen and oxygen atoms in total. The molecule has 0 bridgehead atoms. The van der Waals surface area contributed by atoms with Gasteiger partial charge in [0.2, 0.25) is 20.0 Å². The van der Waals surface area contributed by atoms with Gasteiger partial charge in [0, 0.05) is 11.1 Å². The zero-order chi connectivity index (χ0) is 36.7. The number of carbonyl (C=O) groups is 2. The van der Waals surface area contributed by atoms with E-state index in [9.17, 15) is 36.6 Å². The number of nitrogens with two attached hydrogens (primary N) is 2. The number of primary sulfonamides is 2. The zero-order valence-corrected chi connectivity index (χ0v) is 28.7. The van der Waals surface area contributed by atoms with Gasteiger partial charge in [-0.05, 0) is 92.6 Å². The van der Waals surface area contributed by atoms with E-state index in [1.807, 2.05) is 0 Å². The lowest BCUT2D eigenvalue weighted by molar-refractivity contribution is -0.110. The summed E-state index contributed by atoms with van der Waals surface area (Å²) in [5, 5.41) is 43.6. The molecule has 4 aromatic carbocycles. The Morgan fingerprint density at radius 1 is 0.660 bits per heavy atom. The molecule has 260 valence electrons. The Morgan fingerprint density at radius 2 is 1.04 bits per heavy atom. The van der Waals surface area contributed by atoms with Gasteiger partial charge in [0.25, 0.3) is 11.8 Å². The van der Waals surface area contributed by atoms with Gasteiger partial charge in [-0.25, -0.2) is 27.1 Å². The predicted octanol–water partition coefficient (Wildman–Crippen LogP) is 3.19. The summed E-state index contributed by atoms with van der Waals surface area (Å²) in [7, 11) is -7.56. The van der Waals surface area contributed by atoms with Crippen molar-refractivity contribution in [1.82, 2.24) is 0 Å². The molecule has 0 aromatic heterocycles. The van der Waals surface area contributed by atoms with Crippen molar-refractivity contribution in [3.8, 4) is 11.5 Å². The Hall–Kier alpha value is -5.53. The van der Waals surface area contributed by atoms with Crippen molar-refractivity contribution in [2.75, 3.05) is 21.5 Å². The van der Waals surface area contributed by atoms with Crippen molar-refractivity contribution < 1.29 is 36.6 Å². The third-order valence-electron chi connectivity index (χ3n) is 7.52. The number of anilines is 4. The summed E-state index contributed by atoms with van der Waals surface area (Å²) >= 11 is 6.13. The van der Waals surface area contributed by atoms with E-state index in [-0.39, 0.29) is 37.7 Å². The van der Waals surface area contributed by atoms with Crippen molar-refractivity contribution in [1.29, 1.82) is 0 Å². The van der Waals surface area contributed by atoms with Gasteiger partial charge in [-0.1, -0.05) is 11.6 Å². The lowest BCUT2D eigenvalue weighted by atomic mass is 10.0. The Morgan fingerprint density at radius 3 is 1.46 bits per heavy atom. The number of aryl methyl sites for hydroxylation is 2. The monoisotopic (exact) mass is 740 g/mol. The summed E-state index contributed by atoms with van der Waals surface area (Å²) in [5.74, 6) is -0.880. The minimum Gasteiger partial charge on any atom is -0.507 e. The fourth-order valence-electron chi connectivity index (χ4n) is 4.96. The zero-order valence-electron chi connectivity index (χ0n) is 26.4. The highest BCUT2D eigenvalue weighted by molar-refractivity contribution is 7.89. The Balaban J connectivity index is 0.000000194. The Labute approximate surface area is 290 Å². The maximum atomic E-state index is 12.2. The lowest BCUT2D eigenvalue weighted by Crippen LogP contribution is -2.16. The van der Waals surface area contributed by atoms with Gasteiger partial charge in [0.1, 0.15) is 11.5 Å². The molecule has 2 amide bonds. The molecule has 10 N–H and O–H groups in total. The van der Waals surface area contributed by atoms with Gasteiger partial charge in [0.15, 0.2) is 11.4 Å². The van der Waals surface area contributed by atoms with E-state index < -0.39 is 31.9 Å². The maximum Gasteiger partial charge on any atom is 0.276 e. The standard InChI is InChI=1S/C16H16N4O4S.C15H13ClN4O4S/c1-8-7-12-13(9(2)15(8)21)14(16(22)18-12)20-19-10-3-5-11(6-4-10)25(17,23)24;1-7-6-10-11(12(16)14(7)21)13(15(22)18-10)20-19-8-2-4-9(5-3-8)25(17,23)24/h3-7,19,21H,1-2H3,(H2,17,23,24)(H,18,20,22);2-6,19,21H,1H3,(H2,17,23,24)(H,18,20,22). The number of hydrazone groups is 2. The number of hydrogen-bond acceptors (Lipinski definition) is 12. The second-order valence-corrected chi connectivity index (χ2v) is 14.6. The van der Waals surface area contributed by atoms with Crippen molar-refractivity contribution in [3.63, 3.8) is 0 Å². The number of benzene rings is 4. The van der Waals surface area contributed by atoms with Crippen LogP contribution in [0.25, 0.3) is 0 Å². The molecular formula is C31H29ClN8O8S2. The average Bonchev–Trinajstić information content (AvgIpc) is 3.54. The van der Waals surface area contributed by atoms with E-state index >= 15 is 0 Å². The number of aromatic hydroxyl groups is 2. The van der Waals surface area contributed by atoms with Gasteiger partial charge in [-0.15, -0.1) is 0 Å². The highest BCUT2D eigenvalue weighted by atomic mass is 35.5. The van der Waals surface area contributed by atoms with E-state index in [4.69, 9.17) is 21.9 Å². The topological polar surface area (TPSA) is 268 Å². The molecule has 6 rings (SSSR count). The molecule has 50 heavy (non-hydrogen) atoms. The molecule has 19 heteroatoms. The van der Waals surface area contributed by atoms with Crippen LogP contribution in [0, 0.1) is 20.8 Å². The molecule has 0 spiro atoms. The summed E-state index contributed by atoms with van der Waals surface area (Å²) in [5.41, 5.74) is 10.0. The Kier molecular flexibility index (Phi) is 9.59. The number of phenols is 2. The second kappa shape index (κ2) is 13.4. The van der Waals surface area contributed by atoms with Crippen molar-refractivity contribution in [2.24, 2.45) is 20.5 Å². The molecule has 2 aliphatic rings. The van der Waals surface area contributed by atoms with Crippen LogP contribution in [0.5, 0.6) is 11.5 Å². The SMILES string of the molecule is Cc1cc2c(c(C)c1O)C(=NNc1ccc(S(N)(=O)=O)cc1)C(=O)N2.Cc1cc2c(c(Cl)c1O)C(=NNc1ccc(S(N)(=O)=O)cc1)C(=O)N2. The first-order valence-electron chi connectivity index (χ1n) is 14.3. The molecule has 0 saturated heterocycles. The fraction of sp³-hybridized carbons (Fsp3) is 0.0968. The third-order valence-corrected chi connectivity index (χ3v) is 9.75. The van der Waals surface area contributed by atoms with Gasteiger partial charge < -0.3 is 20.8 Å². The van der Waals surface area contributed by atoms with Crippen LogP contribution in [-0.2, 0) is 29.6 Å². The number of sulfonamides is 2. The summed E-state index contributed by atoms with van der Waals surface area (Å²) in [4.78, 5) is 24.2. The molecule has 0 radical (unpaired) electrons. The summed E-state index contributed by atoms with van der Waals surface area (Å²) in [6.07, 6.45) is 0. The molecule has 0 unspecified atom stereocenters. The molecule has 0 aliphatic carbocycles. The van der Waals surface area contributed by atoms with Crippen LogP contribution in [0.3, 0.4) is 0 Å². The number of nitrogens with one attached hydrogen (secondary N) is 4. The van der Waals surface area contributed by atoms with E-state index in [1.54, 1.807) is 32.9 Å². The normalized spacial score (nSPS) is 15.2. The lowest BCUT2D eigenvalue weighted by Gasteiger charge is -2.09. The van der Waals surface area contributed by atoms with E-state index in [0.717, 1.165) is 0 Å². The molecular weight excluding hydrogens is 712 g/mol. The number of carbonyl (C=O) groups excluding carboxylic acids is 2. The first-order valence-corrected chi connectivity index (χ1v) is 17.8. The predicted molar refractivity (Wildman–Crippen MR) is 189 cm³/mol. The minimum absolute atomic E-state index is 0.00539. The van der Waals surface area contributed by atoms with Gasteiger partial charge in [-0.3, -0.25) is 20.4 Å². The summed E-state index contributed by atoms with van der Waals surface area (Å²) < 4.78 is 44.9. The largest absolute Gasteiger partial charge is 0.507 e. The van der Waals surface area contributed by atoms with Crippen LogP contribution in [-0.4, -0.2) is 50.3 Å². The fourth-order valence-corrected chi connectivity index (χ4v) is 6.33. The number of hydrogen-bond donors (Lipinski definition) is 8. The van der Waals surface area contributed by atoms with Crippen LogP contribution < -0.4 is 31.8 Å². The smallest absolute Gasteiger partial charge is 0.276 e. The first-order chi connectivity index (χ1) is 23.4. The minimum atomic E-state index is -3.79. The highest BCUT2D eigenvalue weighted by Crippen LogP contribution is 2.39. The van der Waals surface area contributed by atoms with Crippen molar-refractivity contribution >= 4 is 77.6 Å². The Bertz CT molecular complexity index is 2200. The van der Waals surface area contributed by atoms with E-state index in [1.165, 1.54) is 48.5 Å². The number of nitrogens with zero attached hydrogens (tertiary/aromatic N) is 2. The number of halogens is 1. The van der Waals surface area contributed by atoms with Gasteiger partial charge in [0.05, 0.1) is 43.1 Å². The molecule has 0 saturated carbocycles. The van der Waals surface area contributed by atoms with Gasteiger partial charge >= 0.3 is 0 Å². The summed E-state index contributed by atoms with van der Waals surface area (Å²) in [6, 6.07) is 14.4. The molecule has 2 heterocycles. The number of amides is 2. The van der Waals surface area contributed by atoms with Crippen molar-refractivity contribution in [3.05, 3.63) is 93.5 Å². The third kappa shape index (κ3) is 7.24. The first kappa shape index (κ1) is 35.8. The quantitative estimate of drug-likeness (QED) is 0.106. The van der Waals surface area contributed by atoms with E-state index in [0.29, 0.717) is 50.6 Å². The number of rotatable bonds is 6. The molecule has 4 aromatic rings. The molecule has 0 atom stereocenters.